The Morgan fingerprint density at radius 2 is 2.14 bits per heavy atom. The molecule has 112 valence electrons. The Bertz CT molecular complexity index is 617. The first kappa shape index (κ1) is 16.1. The van der Waals surface area contributed by atoms with Gasteiger partial charge in [0.15, 0.2) is 5.15 Å². The number of carbonyl (C=O) groups excluding carboxylic acids is 1. The van der Waals surface area contributed by atoms with Crippen LogP contribution < -0.4 is 10.5 Å². The van der Waals surface area contributed by atoms with Gasteiger partial charge in [-0.3, -0.25) is 5.43 Å². The fourth-order valence-electron chi connectivity index (χ4n) is 1.91. The first-order valence-corrected chi connectivity index (χ1v) is 7.34. The first-order chi connectivity index (χ1) is 10.0. The number of nitrogens with zero attached hydrogens (tertiary/aromatic N) is 2. The zero-order valence-electron chi connectivity index (χ0n) is 10.8. The molecular weight excluding hydrogens is 337 g/mol. The van der Waals surface area contributed by atoms with E-state index in [9.17, 15) is 9.90 Å². The van der Waals surface area contributed by atoms with Crippen molar-refractivity contribution in [3.05, 3.63) is 33.0 Å². The van der Waals surface area contributed by atoms with E-state index >= 15 is 0 Å². The Morgan fingerprint density at radius 1 is 1.38 bits per heavy atom. The SMILES string of the molecule is O=C([O-])c1nc(Cl)c(Cl)c(N/N=C\[C@H]2CC=CCC2)c1Cl. The van der Waals surface area contributed by atoms with E-state index in [0.29, 0.717) is 5.92 Å². The molecule has 0 unspecified atom stereocenters. The Kier molecular flexibility index (Phi) is 5.45. The van der Waals surface area contributed by atoms with Crippen LogP contribution in [0.2, 0.25) is 15.2 Å². The summed E-state index contributed by atoms with van der Waals surface area (Å²) in [4.78, 5) is 14.5. The molecule has 0 saturated carbocycles. The number of carbonyl (C=O) groups is 1. The van der Waals surface area contributed by atoms with Gasteiger partial charge in [0, 0.05) is 6.21 Å². The predicted molar refractivity (Wildman–Crippen MR) is 82.2 cm³/mol. The third-order valence-corrected chi connectivity index (χ3v) is 4.11. The lowest BCUT2D eigenvalue weighted by Crippen LogP contribution is -2.24. The van der Waals surface area contributed by atoms with Crippen LogP contribution in [0.4, 0.5) is 5.69 Å². The molecule has 0 amide bonds. The molecule has 2 rings (SSSR count). The third-order valence-electron chi connectivity index (χ3n) is 3.00. The van der Waals surface area contributed by atoms with E-state index in [0.717, 1.165) is 19.3 Å². The van der Waals surface area contributed by atoms with Crippen LogP contribution in [-0.2, 0) is 0 Å². The summed E-state index contributed by atoms with van der Waals surface area (Å²) in [5.74, 6) is -1.22. The van der Waals surface area contributed by atoms with E-state index < -0.39 is 11.7 Å². The molecule has 0 saturated heterocycles. The number of carboxylic acid groups (broad SMARTS) is 1. The van der Waals surface area contributed by atoms with Gasteiger partial charge < -0.3 is 9.90 Å². The van der Waals surface area contributed by atoms with E-state index in [1.54, 1.807) is 6.21 Å². The van der Waals surface area contributed by atoms with Crippen LogP contribution in [0, 0.1) is 5.92 Å². The number of allylic oxidation sites excluding steroid dienone is 2. The minimum atomic E-state index is -1.54. The second kappa shape index (κ2) is 7.11. The van der Waals surface area contributed by atoms with Gasteiger partial charge in [0.2, 0.25) is 0 Å². The molecule has 0 spiro atoms. The van der Waals surface area contributed by atoms with Crippen molar-refractivity contribution in [2.24, 2.45) is 11.0 Å². The van der Waals surface area contributed by atoms with Crippen LogP contribution in [0.5, 0.6) is 0 Å². The second-order valence-electron chi connectivity index (χ2n) is 4.48. The van der Waals surface area contributed by atoms with E-state index in [-0.39, 0.29) is 20.9 Å². The minimum Gasteiger partial charge on any atom is -0.543 e. The number of pyridine rings is 1. The first-order valence-electron chi connectivity index (χ1n) is 6.20. The summed E-state index contributed by atoms with van der Waals surface area (Å²) in [7, 11) is 0. The van der Waals surface area contributed by atoms with Crippen LogP contribution in [0.25, 0.3) is 0 Å². The van der Waals surface area contributed by atoms with Crippen molar-refractivity contribution in [2.45, 2.75) is 19.3 Å². The molecule has 0 aromatic carbocycles. The van der Waals surface area contributed by atoms with E-state index in [1.807, 2.05) is 0 Å². The number of anilines is 1. The topological polar surface area (TPSA) is 77.4 Å². The van der Waals surface area contributed by atoms with E-state index in [2.05, 4.69) is 27.7 Å². The number of aromatic carboxylic acids is 1. The van der Waals surface area contributed by atoms with Gasteiger partial charge in [0.25, 0.3) is 0 Å². The van der Waals surface area contributed by atoms with Crippen LogP contribution in [0.15, 0.2) is 17.3 Å². The number of carboxylic acids is 1. The zero-order valence-corrected chi connectivity index (χ0v) is 13.0. The molecule has 1 aliphatic rings. The summed E-state index contributed by atoms with van der Waals surface area (Å²) in [6.07, 6.45) is 8.88. The Labute approximate surface area is 136 Å². The maximum atomic E-state index is 10.9. The van der Waals surface area contributed by atoms with Gasteiger partial charge in [-0.05, 0) is 25.2 Å². The summed E-state index contributed by atoms with van der Waals surface area (Å²) in [6, 6.07) is 0. The molecule has 0 fully saturated rings. The van der Waals surface area contributed by atoms with Crippen molar-refractivity contribution in [2.75, 3.05) is 5.43 Å². The Balaban J connectivity index is 2.21. The summed E-state index contributed by atoms with van der Waals surface area (Å²) in [5, 5.41) is 14.6. The molecule has 0 aliphatic heterocycles. The number of halogens is 3. The van der Waals surface area contributed by atoms with Crippen molar-refractivity contribution in [3.63, 3.8) is 0 Å². The molecule has 1 atom stereocenters. The highest BCUT2D eigenvalue weighted by Crippen LogP contribution is 2.36. The van der Waals surface area contributed by atoms with Crippen molar-refractivity contribution in [1.82, 2.24) is 4.98 Å². The van der Waals surface area contributed by atoms with Crippen LogP contribution in [0.1, 0.15) is 29.8 Å². The van der Waals surface area contributed by atoms with Gasteiger partial charge in [-0.1, -0.05) is 47.0 Å². The maximum absolute atomic E-state index is 10.9. The standard InChI is InChI=1S/C13H12Cl3N3O2/c14-8-10(9(15)12(16)18-11(8)13(20)21)19-17-6-7-4-2-1-3-5-7/h1-2,6-7H,3-5H2,(H,18,19)(H,20,21)/p-1/b17-6-/t7-/m0/s1. The smallest absolute Gasteiger partial charge is 0.150 e. The second-order valence-corrected chi connectivity index (χ2v) is 5.59. The van der Waals surface area contributed by atoms with Gasteiger partial charge in [0.1, 0.15) is 10.7 Å². The van der Waals surface area contributed by atoms with Crippen molar-refractivity contribution < 1.29 is 9.90 Å². The number of hydrazone groups is 1. The molecule has 1 heterocycles. The monoisotopic (exact) mass is 346 g/mol. The summed E-state index contributed by atoms with van der Waals surface area (Å²) in [6.45, 7) is 0. The van der Waals surface area contributed by atoms with Crippen molar-refractivity contribution in [1.29, 1.82) is 0 Å². The molecule has 1 aromatic heterocycles. The quantitative estimate of drug-likeness (QED) is 0.393. The minimum absolute atomic E-state index is 0.00681. The summed E-state index contributed by atoms with van der Waals surface area (Å²) < 4.78 is 0. The summed E-state index contributed by atoms with van der Waals surface area (Å²) in [5.41, 5.74) is 2.25. The summed E-state index contributed by atoms with van der Waals surface area (Å²) >= 11 is 17.7. The largest absolute Gasteiger partial charge is 0.543 e. The normalized spacial score (nSPS) is 18.1. The Hall–Kier alpha value is -1.30. The fourth-order valence-corrected chi connectivity index (χ4v) is 2.57. The third kappa shape index (κ3) is 3.87. The Morgan fingerprint density at radius 3 is 2.76 bits per heavy atom. The van der Waals surface area contributed by atoms with Gasteiger partial charge in [0.05, 0.1) is 16.7 Å². The molecule has 1 aliphatic carbocycles. The average molecular weight is 348 g/mol. The van der Waals surface area contributed by atoms with Crippen molar-refractivity contribution in [3.8, 4) is 0 Å². The maximum Gasteiger partial charge on any atom is 0.150 e. The molecule has 1 aromatic rings. The molecular formula is C13H11Cl3N3O2-. The fraction of sp³-hybridized carbons (Fsp3) is 0.308. The average Bonchev–Trinajstić information content (AvgIpc) is 2.47. The van der Waals surface area contributed by atoms with E-state index in [4.69, 9.17) is 34.8 Å². The van der Waals surface area contributed by atoms with E-state index in [1.165, 1.54) is 0 Å². The lowest BCUT2D eigenvalue weighted by molar-refractivity contribution is -0.255. The molecule has 21 heavy (non-hydrogen) atoms. The number of aromatic nitrogens is 1. The molecule has 0 bridgehead atoms. The predicted octanol–water partition coefficient (Wildman–Crippen LogP) is 3.16. The lowest BCUT2D eigenvalue weighted by Gasteiger charge is -2.14. The van der Waals surface area contributed by atoms with Gasteiger partial charge in [-0.25, -0.2) is 4.98 Å². The van der Waals surface area contributed by atoms with Crippen LogP contribution >= 0.6 is 34.8 Å². The number of hydrogen-bond donors (Lipinski definition) is 1. The number of nitrogens with one attached hydrogen (secondary N) is 1. The molecule has 5 nitrogen and oxygen atoms in total. The number of hydrogen-bond acceptors (Lipinski definition) is 5. The van der Waals surface area contributed by atoms with Gasteiger partial charge in [-0.2, -0.15) is 5.10 Å². The highest BCUT2D eigenvalue weighted by atomic mass is 35.5. The highest BCUT2D eigenvalue weighted by Gasteiger charge is 2.17. The lowest BCUT2D eigenvalue weighted by atomic mass is 9.96. The van der Waals surface area contributed by atoms with Crippen molar-refractivity contribution >= 4 is 52.7 Å². The highest BCUT2D eigenvalue weighted by molar-refractivity contribution is 6.46. The van der Waals surface area contributed by atoms with Gasteiger partial charge >= 0.3 is 0 Å². The molecule has 8 heteroatoms. The number of rotatable bonds is 4. The molecule has 0 radical (unpaired) electrons. The molecule has 1 N–H and O–H groups in total. The van der Waals surface area contributed by atoms with Gasteiger partial charge in [-0.15, -0.1) is 0 Å². The van der Waals surface area contributed by atoms with Crippen LogP contribution in [0.3, 0.4) is 0 Å². The van der Waals surface area contributed by atoms with Crippen LogP contribution in [-0.4, -0.2) is 17.2 Å². The zero-order chi connectivity index (χ0) is 15.4.